The van der Waals surface area contributed by atoms with Crippen LogP contribution in [0.4, 0.5) is 5.69 Å². The van der Waals surface area contributed by atoms with E-state index in [-0.39, 0.29) is 22.0 Å². The van der Waals surface area contributed by atoms with Crippen LogP contribution in [0.3, 0.4) is 0 Å². The molecule has 1 aromatic rings. The van der Waals surface area contributed by atoms with Crippen LogP contribution in [-0.2, 0) is 10.8 Å². The second-order valence-electron chi connectivity index (χ2n) is 10.3. The van der Waals surface area contributed by atoms with E-state index in [2.05, 4.69) is 80.5 Å². The summed E-state index contributed by atoms with van der Waals surface area (Å²) in [5.41, 5.74) is 3.19. The smallest absolute Gasteiger partial charge is 0.0630 e. The molecule has 0 saturated heterocycles. The molecule has 0 N–H and O–H groups in total. The standard InChI is InChI=1S/C24H34NO/c1-22(2,3)16-10-12-18(13-11-16)25-20-15-17(23(4,5)6)14-19(21(20)26)24(7,8)9/h10-15,26H,1-9H3/p-1. The van der Waals surface area contributed by atoms with Crippen molar-refractivity contribution >= 4 is 11.4 Å². The van der Waals surface area contributed by atoms with Gasteiger partial charge in [0.25, 0.3) is 0 Å². The van der Waals surface area contributed by atoms with E-state index in [0.29, 0.717) is 5.69 Å². The molecule has 0 aromatic heterocycles. The molecule has 0 amide bonds. The summed E-state index contributed by atoms with van der Waals surface area (Å²) in [5, 5.41) is 13.0. The first-order chi connectivity index (χ1) is 11.7. The molecule has 2 nitrogen and oxygen atoms in total. The zero-order chi connectivity index (χ0) is 19.9. The van der Waals surface area contributed by atoms with E-state index in [1.807, 2.05) is 18.2 Å². The highest BCUT2D eigenvalue weighted by Gasteiger charge is 2.23. The lowest BCUT2D eigenvalue weighted by molar-refractivity contribution is -0.269. The summed E-state index contributed by atoms with van der Waals surface area (Å²) >= 11 is 0. The van der Waals surface area contributed by atoms with Gasteiger partial charge >= 0.3 is 0 Å². The van der Waals surface area contributed by atoms with Crippen molar-refractivity contribution in [3.63, 3.8) is 0 Å². The SMILES string of the molecule is CC(C)(C)[C]1C=CC(=Nc2cc(C(C)(C)C)cc(C(C)(C)C)c2[O-])C=C1. The quantitative estimate of drug-likeness (QED) is 0.595. The van der Waals surface area contributed by atoms with Gasteiger partial charge in [0.05, 0.1) is 11.4 Å². The van der Waals surface area contributed by atoms with Gasteiger partial charge < -0.3 is 5.11 Å². The minimum Gasteiger partial charge on any atom is -0.871 e. The molecule has 0 saturated carbocycles. The van der Waals surface area contributed by atoms with Crippen molar-refractivity contribution in [1.29, 1.82) is 0 Å². The molecule has 0 atom stereocenters. The molecule has 2 heteroatoms. The molecule has 1 radical (unpaired) electrons. The average molecular weight is 352 g/mol. The molecule has 0 heterocycles. The number of hydrogen-bond acceptors (Lipinski definition) is 2. The Labute approximate surface area is 159 Å². The maximum atomic E-state index is 13.0. The van der Waals surface area contributed by atoms with E-state index in [0.717, 1.165) is 16.8 Å². The fraction of sp³-hybridized carbons (Fsp3) is 0.500. The van der Waals surface area contributed by atoms with Crippen LogP contribution in [0.2, 0.25) is 0 Å². The van der Waals surface area contributed by atoms with Gasteiger partial charge in [-0.15, -0.1) is 0 Å². The Bertz CT molecular complexity index is 743. The van der Waals surface area contributed by atoms with Gasteiger partial charge in [0, 0.05) is 5.92 Å². The summed E-state index contributed by atoms with van der Waals surface area (Å²) in [6.45, 7) is 19.3. The maximum Gasteiger partial charge on any atom is 0.0630 e. The highest BCUT2D eigenvalue weighted by molar-refractivity contribution is 6.07. The van der Waals surface area contributed by atoms with Crippen LogP contribution in [-0.4, -0.2) is 5.71 Å². The lowest BCUT2D eigenvalue weighted by atomic mass is 9.78. The minimum atomic E-state index is -0.210. The molecule has 141 valence electrons. The molecular weight excluding hydrogens is 318 g/mol. The van der Waals surface area contributed by atoms with E-state index < -0.39 is 0 Å². The fourth-order valence-electron chi connectivity index (χ4n) is 2.86. The zero-order valence-electron chi connectivity index (χ0n) is 17.8. The highest BCUT2D eigenvalue weighted by Crippen LogP contribution is 2.40. The average Bonchev–Trinajstić information content (AvgIpc) is 2.46. The van der Waals surface area contributed by atoms with Crippen LogP contribution < -0.4 is 5.11 Å². The van der Waals surface area contributed by atoms with Crippen LogP contribution in [0.1, 0.15) is 73.4 Å². The number of hydrogen-bond donors (Lipinski definition) is 0. The Morgan fingerprint density at radius 2 is 1.23 bits per heavy atom. The molecule has 1 aliphatic carbocycles. The first-order valence-electron chi connectivity index (χ1n) is 9.38. The first kappa shape index (κ1) is 20.5. The highest BCUT2D eigenvalue weighted by atomic mass is 16.3. The molecule has 1 aromatic carbocycles. The zero-order valence-corrected chi connectivity index (χ0v) is 17.8. The van der Waals surface area contributed by atoms with Crippen molar-refractivity contribution in [2.24, 2.45) is 10.4 Å². The van der Waals surface area contributed by atoms with E-state index in [4.69, 9.17) is 4.99 Å². The van der Waals surface area contributed by atoms with Crippen molar-refractivity contribution in [1.82, 2.24) is 0 Å². The van der Waals surface area contributed by atoms with Gasteiger partial charge in [-0.2, -0.15) is 0 Å². The maximum absolute atomic E-state index is 13.0. The van der Waals surface area contributed by atoms with E-state index in [9.17, 15) is 5.11 Å². The fourth-order valence-corrected chi connectivity index (χ4v) is 2.86. The summed E-state index contributed by atoms with van der Waals surface area (Å²) in [4.78, 5) is 4.70. The number of rotatable bonds is 1. The van der Waals surface area contributed by atoms with Gasteiger partial charge in [0.1, 0.15) is 0 Å². The van der Waals surface area contributed by atoms with Crippen LogP contribution in [0.25, 0.3) is 0 Å². The topological polar surface area (TPSA) is 35.4 Å². The molecule has 0 spiro atoms. The molecule has 0 unspecified atom stereocenters. The normalized spacial score (nSPS) is 16.3. The van der Waals surface area contributed by atoms with Gasteiger partial charge in [-0.05, 0) is 45.6 Å². The summed E-state index contributed by atoms with van der Waals surface area (Å²) in [7, 11) is 0. The predicted molar refractivity (Wildman–Crippen MR) is 111 cm³/mol. The number of benzene rings is 1. The molecule has 26 heavy (non-hydrogen) atoms. The Kier molecular flexibility index (Phi) is 5.29. The van der Waals surface area contributed by atoms with Crippen molar-refractivity contribution in [2.75, 3.05) is 0 Å². The predicted octanol–water partition coefficient (Wildman–Crippen LogP) is 6.17. The molecule has 0 bridgehead atoms. The van der Waals surface area contributed by atoms with E-state index in [1.165, 1.54) is 5.92 Å². The molecule has 2 rings (SSSR count). The van der Waals surface area contributed by atoms with Crippen molar-refractivity contribution in [3.8, 4) is 5.75 Å². The van der Waals surface area contributed by atoms with Gasteiger partial charge in [0.15, 0.2) is 0 Å². The summed E-state index contributed by atoms with van der Waals surface area (Å²) < 4.78 is 0. The van der Waals surface area contributed by atoms with Crippen molar-refractivity contribution in [3.05, 3.63) is 53.5 Å². The summed E-state index contributed by atoms with van der Waals surface area (Å²) in [6.07, 6.45) is 8.20. The lowest BCUT2D eigenvalue weighted by Crippen LogP contribution is -2.19. The largest absolute Gasteiger partial charge is 0.871 e. The van der Waals surface area contributed by atoms with Crippen LogP contribution in [0, 0.1) is 11.3 Å². The third kappa shape index (κ3) is 4.66. The first-order valence-corrected chi connectivity index (χ1v) is 9.38. The summed E-state index contributed by atoms with van der Waals surface area (Å²) in [6, 6.07) is 4.01. The Hall–Kier alpha value is -1.83. The lowest BCUT2D eigenvalue weighted by Gasteiger charge is -2.31. The number of aliphatic imine (C=N–C) groups is 1. The Balaban J connectivity index is 2.52. The van der Waals surface area contributed by atoms with E-state index >= 15 is 0 Å². The Morgan fingerprint density at radius 3 is 1.65 bits per heavy atom. The molecule has 0 aliphatic heterocycles. The van der Waals surface area contributed by atoms with Gasteiger partial charge in [0.2, 0.25) is 0 Å². The van der Waals surface area contributed by atoms with Gasteiger partial charge in [-0.3, -0.25) is 0 Å². The third-order valence-electron chi connectivity index (χ3n) is 4.73. The van der Waals surface area contributed by atoms with Gasteiger partial charge in [-0.1, -0.05) is 86.3 Å². The monoisotopic (exact) mass is 351 g/mol. The van der Waals surface area contributed by atoms with E-state index in [1.54, 1.807) is 0 Å². The molecule has 1 aliphatic rings. The van der Waals surface area contributed by atoms with Gasteiger partial charge in [-0.25, -0.2) is 4.99 Å². The van der Waals surface area contributed by atoms with Crippen molar-refractivity contribution in [2.45, 2.75) is 73.1 Å². The van der Waals surface area contributed by atoms with Crippen molar-refractivity contribution < 1.29 is 5.11 Å². The van der Waals surface area contributed by atoms with Crippen LogP contribution in [0.5, 0.6) is 5.75 Å². The molecular formula is C24H33NO-. The summed E-state index contributed by atoms with van der Waals surface area (Å²) in [5.74, 6) is 1.29. The Morgan fingerprint density at radius 1 is 0.692 bits per heavy atom. The number of nitrogens with zero attached hydrogens (tertiary/aromatic N) is 1. The third-order valence-corrected chi connectivity index (χ3v) is 4.73. The second kappa shape index (κ2) is 6.72. The minimum absolute atomic E-state index is 0.0328. The van der Waals surface area contributed by atoms with Crippen LogP contribution >= 0.6 is 0 Å². The molecule has 0 fully saturated rings. The second-order valence-corrected chi connectivity index (χ2v) is 10.3. The van der Waals surface area contributed by atoms with Crippen LogP contribution in [0.15, 0.2) is 41.4 Å². The number of allylic oxidation sites excluding steroid dienone is 4.